The maximum atomic E-state index is 5.69. The Labute approximate surface area is 59.1 Å². The van der Waals surface area contributed by atoms with Crippen LogP contribution in [0.5, 0.6) is 0 Å². The quantitative estimate of drug-likeness (QED) is 0.499. The molecule has 0 aliphatic carbocycles. The Kier molecular flexibility index (Phi) is 2.10. The minimum absolute atomic E-state index is 0.838. The Hall–Kier alpha value is 0.354. The van der Waals surface area contributed by atoms with Crippen LogP contribution < -0.4 is 0 Å². The topological polar surface area (TPSA) is 18.5 Å². The lowest BCUT2D eigenvalue weighted by molar-refractivity contribution is 0.254. The molecule has 53 valence electrons. The Morgan fingerprint density at radius 1 is 1.44 bits per heavy atom. The molecule has 0 N–H and O–H groups in total. The summed E-state index contributed by atoms with van der Waals surface area (Å²) < 4.78 is 11.0. The Balaban J connectivity index is 2.41. The molecule has 0 saturated carbocycles. The lowest BCUT2D eigenvalue weighted by Gasteiger charge is -2.31. The van der Waals surface area contributed by atoms with Gasteiger partial charge in [0.1, 0.15) is 0 Å². The van der Waals surface area contributed by atoms with Crippen LogP contribution in [0.1, 0.15) is 0 Å². The fourth-order valence-corrected chi connectivity index (χ4v) is 5.85. The van der Waals surface area contributed by atoms with Crippen molar-refractivity contribution in [2.45, 2.75) is 25.7 Å². The molecule has 1 radical (unpaired) electrons. The van der Waals surface area contributed by atoms with E-state index >= 15 is 0 Å². The molecule has 1 aliphatic rings. The minimum Gasteiger partial charge on any atom is -0.435 e. The van der Waals surface area contributed by atoms with Crippen molar-refractivity contribution in [1.82, 2.24) is 0 Å². The molecule has 1 rings (SSSR count). The second-order valence-electron chi connectivity index (χ2n) is 2.95. The van der Waals surface area contributed by atoms with Gasteiger partial charge in [0, 0.05) is 6.61 Å². The average Bonchev–Trinajstić information content (AvgIpc) is 1.60. The van der Waals surface area contributed by atoms with Gasteiger partial charge in [0.15, 0.2) is 8.32 Å². The van der Waals surface area contributed by atoms with E-state index in [1.165, 1.54) is 0 Å². The fourth-order valence-electron chi connectivity index (χ4n) is 0.910. The first-order valence-corrected chi connectivity index (χ1v) is 8.19. The predicted octanol–water partition coefficient (Wildman–Crippen LogP) is 1.36. The molecule has 4 heteroatoms. The fraction of sp³-hybridized carbons (Fsp3) is 1.00. The zero-order chi connectivity index (χ0) is 6.91. The van der Waals surface area contributed by atoms with Crippen molar-refractivity contribution in [3.8, 4) is 0 Å². The standard InChI is InChI=1S/C5H13O2Si2/c1-8-6-4-5-9(2,3)7-8/h4-5H2,1-3H3. The average molecular weight is 161 g/mol. The van der Waals surface area contributed by atoms with Gasteiger partial charge in [-0.1, -0.05) is 0 Å². The highest BCUT2D eigenvalue weighted by atomic mass is 28.4. The Morgan fingerprint density at radius 3 is 2.44 bits per heavy atom. The third-order valence-corrected chi connectivity index (χ3v) is 6.81. The van der Waals surface area contributed by atoms with Crippen molar-refractivity contribution < 1.29 is 8.54 Å². The van der Waals surface area contributed by atoms with Crippen LogP contribution in [0.3, 0.4) is 0 Å². The van der Waals surface area contributed by atoms with Crippen LogP contribution in [0.15, 0.2) is 0 Å². The Bertz CT molecular complexity index is 105. The van der Waals surface area contributed by atoms with Crippen molar-refractivity contribution in [2.75, 3.05) is 6.61 Å². The molecule has 1 aliphatic heterocycles. The molecule has 0 amide bonds. The van der Waals surface area contributed by atoms with E-state index in [0.29, 0.717) is 0 Å². The van der Waals surface area contributed by atoms with Gasteiger partial charge in [0.2, 0.25) is 0 Å². The van der Waals surface area contributed by atoms with Crippen LogP contribution in [0.2, 0.25) is 25.7 Å². The molecule has 0 aromatic heterocycles. The number of hydrogen-bond acceptors (Lipinski definition) is 2. The first-order chi connectivity index (χ1) is 4.10. The van der Waals surface area contributed by atoms with Gasteiger partial charge in [-0.25, -0.2) is 0 Å². The smallest absolute Gasteiger partial charge is 0.370 e. The first kappa shape index (κ1) is 7.46. The molecule has 1 saturated heterocycles. The molecule has 0 bridgehead atoms. The SMILES string of the molecule is C[Si]1OCC[Si](C)(C)O1. The monoisotopic (exact) mass is 161 g/mol. The zero-order valence-corrected chi connectivity index (χ0v) is 8.23. The molecule has 0 aromatic carbocycles. The van der Waals surface area contributed by atoms with Crippen molar-refractivity contribution in [3.05, 3.63) is 0 Å². The highest BCUT2D eigenvalue weighted by molar-refractivity contribution is 6.77. The van der Waals surface area contributed by atoms with Gasteiger partial charge >= 0.3 is 9.28 Å². The van der Waals surface area contributed by atoms with Gasteiger partial charge < -0.3 is 8.54 Å². The maximum Gasteiger partial charge on any atom is 0.370 e. The summed E-state index contributed by atoms with van der Waals surface area (Å²) in [5.41, 5.74) is 0. The molecule has 0 spiro atoms. The third kappa shape index (κ3) is 2.21. The van der Waals surface area contributed by atoms with E-state index in [9.17, 15) is 0 Å². The summed E-state index contributed by atoms with van der Waals surface area (Å²) in [5, 5.41) is 0. The second kappa shape index (κ2) is 2.53. The van der Waals surface area contributed by atoms with Crippen LogP contribution in [0, 0.1) is 0 Å². The van der Waals surface area contributed by atoms with E-state index < -0.39 is 17.6 Å². The van der Waals surface area contributed by atoms with E-state index in [2.05, 4.69) is 19.6 Å². The van der Waals surface area contributed by atoms with Crippen molar-refractivity contribution in [1.29, 1.82) is 0 Å². The van der Waals surface area contributed by atoms with E-state index in [1.54, 1.807) is 0 Å². The largest absolute Gasteiger partial charge is 0.435 e. The normalized spacial score (nSPS) is 28.3. The minimum atomic E-state index is -1.23. The molecule has 0 aromatic rings. The van der Waals surface area contributed by atoms with Crippen LogP contribution >= 0.6 is 0 Å². The highest BCUT2D eigenvalue weighted by Gasteiger charge is 2.30. The van der Waals surface area contributed by atoms with Crippen molar-refractivity contribution in [3.63, 3.8) is 0 Å². The van der Waals surface area contributed by atoms with Gasteiger partial charge in [-0.05, 0) is 25.7 Å². The van der Waals surface area contributed by atoms with Gasteiger partial charge in [-0.3, -0.25) is 0 Å². The number of rotatable bonds is 0. The summed E-state index contributed by atoms with van der Waals surface area (Å²) in [6, 6.07) is 1.16. The summed E-state index contributed by atoms with van der Waals surface area (Å²) in [6.07, 6.45) is 0. The molecular weight excluding hydrogens is 148 g/mol. The van der Waals surface area contributed by atoms with Crippen LogP contribution in [-0.2, 0) is 8.54 Å². The molecule has 0 atom stereocenters. The van der Waals surface area contributed by atoms with Crippen LogP contribution in [0.25, 0.3) is 0 Å². The molecule has 0 unspecified atom stereocenters. The first-order valence-electron chi connectivity index (χ1n) is 3.25. The van der Waals surface area contributed by atoms with Crippen molar-refractivity contribution in [2.24, 2.45) is 0 Å². The van der Waals surface area contributed by atoms with Gasteiger partial charge in [-0.15, -0.1) is 0 Å². The van der Waals surface area contributed by atoms with E-state index in [-0.39, 0.29) is 0 Å². The zero-order valence-electron chi connectivity index (χ0n) is 6.23. The lowest BCUT2D eigenvalue weighted by Crippen LogP contribution is -2.43. The molecule has 2 nitrogen and oxygen atoms in total. The van der Waals surface area contributed by atoms with E-state index in [4.69, 9.17) is 8.54 Å². The van der Waals surface area contributed by atoms with Crippen molar-refractivity contribution >= 4 is 17.6 Å². The Morgan fingerprint density at radius 2 is 2.11 bits per heavy atom. The number of hydrogen-bond donors (Lipinski definition) is 0. The van der Waals surface area contributed by atoms with Gasteiger partial charge in [-0.2, -0.15) is 0 Å². The molecule has 1 heterocycles. The van der Waals surface area contributed by atoms with Crippen LogP contribution in [-0.4, -0.2) is 24.2 Å². The van der Waals surface area contributed by atoms with E-state index in [0.717, 1.165) is 12.7 Å². The van der Waals surface area contributed by atoms with Gasteiger partial charge in [0.05, 0.1) is 0 Å². The maximum absolute atomic E-state index is 5.69. The summed E-state index contributed by atoms with van der Waals surface area (Å²) in [4.78, 5) is 0. The van der Waals surface area contributed by atoms with Gasteiger partial charge in [0.25, 0.3) is 0 Å². The summed E-state index contributed by atoms with van der Waals surface area (Å²) in [5.74, 6) is 0. The molecular formula is C5H13O2Si2. The molecule has 1 fully saturated rings. The predicted molar refractivity (Wildman–Crippen MR) is 40.9 cm³/mol. The summed E-state index contributed by atoms with van der Waals surface area (Å²) in [6.45, 7) is 7.51. The molecule has 9 heavy (non-hydrogen) atoms. The lowest BCUT2D eigenvalue weighted by atomic mass is 10.9. The summed E-state index contributed by atoms with van der Waals surface area (Å²) in [7, 11) is -2.07. The summed E-state index contributed by atoms with van der Waals surface area (Å²) >= 11 is 0. The van der Waals surface area contributed by atoms with E-state index in [1.807, 2.05) is 0 Å². The highest BCUT2D eigenvalue weighted by Crippen LogP contribution is 2.17. The van der Waals surface area contributed by atoms with Crippen LogP contribution in [0.4, 0.5) is 0 Å². The third-order valence-electron chi connectivity index (χ3n) is 1.43. The second-order valence-corrected chi connectivity index (χ2v) is 9.06.